The van der Waals surface area contributed by atoms with Gasteiger partial charge in [0, 0.05) is 0 Å². The van der Waals surface area contributed by atoms with Gasteiger partial charge in [0.05, 0.1) is 23.8 Å². The molecule has 0 atom stereocenters. The lowest BCUT2D eigenvalue weighted by Gasteiger charge is -2.14. The van der Waals surface area contributed by atoms with E-state index in [2.05, 4.69) is 0 Å². The predicted molar refractivity (Wildman–Crippen MR) is 57.6 cm³/mol. The summed E-state index contributed by atoms with van der Waals surface area (Å²) in [5.74, 6) is -0.0365. The molecule has 7 heteroatoms. The van der Waals surface area contributed by atoms with Crippen molar-refractivity contribution in [3.63, 3.8) is 0 Å². The zero-order valence-electron chi connectivity index (χ0n) is 9.17. The maximum absolute atomic E-state index is 12.5. The van der Waals surface area contributed by atoms with E-state index in [0.717, 1.165) is 18.2 Å². The summed E-state index contributed by atoms with van der Waals surface area (Å²) in [7, 11) is 0. The van der Waals surface area contributed by atoms with E-state index in [9.17, 15) is 13.2 Å². The first-order valence-electron chi connectivity index (χ1n) is 5.19. The van der Waals surface area contributed by atoms with Crippen LogP contribution in [-0.4, -0.2) is 26.1 Å². The first-order chi connectivity index (χ1) is 8.47. The Bertz CT molecular complexity index is 416. The van der Waals surface area contributed by atoms with Gasteiger partial charge in [0.2, 0.25) is 0 Å². The summed E-state index contributed by atoms with van der Waals surface area (Å²) < 4.78 is 52.9. The van der Waals surface area contributed by atoms with Crippen molar-refractivity contribution in [3.05, 3.63) is 28.8 Å². The molecule has 0 spiro atoms. The van der Waals surface area contributed by atoms with E-state index in [-0.39, 0.29) is 17.4 Å². The third kappa shape index (κ3) is 3.28. The molecule has 1 aliphatic rings. The van der Waals surface area contributed by atoms with Crippen LogP contribution in [0.15, 0.2) is 18.2 Å². The molecule has 1 aliphatic heterocycles. The molecule has 2 rings (SSSR count). The van der Waals surface area contributed by atoms with Gasteiger partial charge in [-0.25, -0.2) is 0 Å². The summed E-state index contributed by atoms with van der Waals surface area (Å²) in [6.45, 7) is 0.899. The SMILES string of the molecule is FC(F)(F)c1ccc(Cl)c(OCC2OCCO2)c1. The number of hydrogen-bond donors (Lipinski definition) is 0. The minimum Gasteiger partial charge on any atom is -0.487 e. The fourth-order valence-electron chi connectivity index (χ4n) is 1.45. The monoisotopic (exact) mass is 282 g/mol. The van der Waals surface area contributed by atoms with Crippen LogP contribution in [0.2, 0.25) is 5.02 Å². The van der Waals surface area contributed by atoms with E-state index in [1.165, 1.54) is 0 Å². The fourth-order valence-corrected chi connectivity index (χ4v) is 1.62. The van der Waals surface area contributed by atoms with Crippen molar-refractivity contribution in [2.75, 3.05) is 19.8 Å². The molecule has 0 N–H and O–H groups in total. The number of halogens is 4. The summed E-state index contributed by atoms with van der Waals surface area (Å²) in [5.41, 5.74) is -0.810. The van der Waals surface area contributed by atoms with Crippen LogP contribution >= 0.6 is 11.6 Å². The van der Waals surface area contributed by atoms with Gasteiger partial charge < -0.3 is 14.2 Å². The molecule has 0 aromatic heterocycles. The van der Waals surface area contributed by atoms with Crippen LogP contribution in [0, 0.1) is 0 Å². The standard InChI is InChI=1S/C11H10ClF3O3/c12-8-2-1-7(11(13,14)15)5-9(8)18-6-10-16-3-4-17-10/h1-2,5,10H,3-4,6H2. The van der Waals surface area contributed by atoms with Crippen LogP contribution in [0.3, 0.4) is 0 Å². The molecule has 0 unspecified atom stereocenters. The molecule has 0 radical (unpaired) electrons. The van der Waals surface area contributed by atoms with Gasteiger partial charge in [0.15, 0.2) is 6.29 Å². The summed E-state index contributed by atoms with van der Waals surface area (Å²) in [6, 6.07) is 2.91. The first-order valence-corrected chi connectivity index (χ1v) is 5.57. The van der Waals surface area contributed by atoms with Gasteiger partial charge in [-0.3, -0.25) is 0 Å². The third-order valence-corrected chi connectivity index (χ3v) is 2.64. The Labute approximate surface area is 106 Å². The molecule has 100 valence electrons. The molecule has 0 aliphatic carbocycles. The van der Waals surface area contributed by atoms with E-state index in [0.29, 0.717) is 13.2 Å². The highest BCUT2D eigenvalue weighted by atomic mass is 35.5. The Morgan fingerprint density at radius 1 is 1.28 bits per heavy atom. The van der Waals surface area contributed by atoms with Crippen LogP contribution in [0.5, 0.6) is 5.75 Å². The number of rotatable bonds is 3. The average Bonchev–Trinajstić information content (AvgIpc) is 2.79. The fraction of sp³-hybridized carbons (Fsp3) is 0.455. The number of benzene rings is 1. The Morgan fingerprint density at radius 3 is 2.56 bits per heavy atom. The van der Waals surface area contributed by atoms with Crippen molar-refractivity contribution >= 4 is 11.6 Å². The van der Waals surface area contributed by atoms with E-state index >= 15 is 0 Å². The summed E-state index contributed by atoms with van der Waals surface area (Å²) >= 11 is 5.76. The lowest BCUT2D eigenvalue weighted by atomic mass is 10.2. The zero-order chi connectivity index (χ0) is 13.2. The summed E-state index contributed by atoms with van der Waals surface area (Å²) in [4.78, 5) is 0. The first kappa shape index (κ1) is 13.5. The Hall–Kier alpha value is -0.980. The lowest BCUT2D eigenvalue weighted by molar-refractivity contribution is -0.137. The van der Waals surface area contributed by atoms with Crippen molar-refractivity contribution in [1.82, 2.24) is 0 Å². The Morgan fingerprint density at radius 2 is 1.94 bits per heavy atom. The zero-order valence-corrected chi connectivity index (χ0v) is 9.92. The predicted octanol–water partition coefficient (Wildman–Crippen LogP) is 3.11. The minimum atomic E-state index is -4.43. The molecule has 0 bridgehead atoms. The molecule has 1 heterocycles. The second-order valence-electron chi connectivity index (χ2n) is 3.63. The van der Waals surface area contributed by atoms with Gasteiger partial charge >= 0.3 is 6.18 Å². The molecular weight excluding hydrogens is 273 g/mol. The molecule has 0 saturated carbocycles. The Balaban J connectivity index is 2.06. The van der Waals surface area contributed by atoms with Crippen molar-refractivity contribution in [2.24, 2.45) is 0 Å². The van der Waals surface area contributed by atoms with Gasteiger partial charge in [-0.15, -0.1) is 0 Å². The van der Waals surface area contributed by atoms with Gasteiger partial charge in [0.1, 0.15) is 12.4 Å². The van der Waals surface area contributed by atoms with Crippen LogP contribution < -0.4 is 4.74 Å². The van der Waals surface area contributed by atoms with Gasteiger partial charge in [-0.05, 0) is 18.2 Å². The molecule has 1 aromatic rings. The topological polar surface area (TPSA) is 27.7 Å². The second-order valence-corrected chi connectivity index (χ2v) is 4.03. The van der Waals surface area contributed by atoms with Gasteiger partial charge in [-0.1, -0.05) is 11.6 Å². The highest BCUT2D eigenvalue weighted by Crippen LogP contribution is 2.35. The van der Waals surface area contributed by atoms with Gasteiger partial charge in [-0.2, -0.15) is 13.2 Å². The number of ether oxygens (including phenoxy) is 3. The molecule has 1 saturated heterocycles. The average molecular weight is 283 g/mol. The highest BCUT2D eigenvalue weighted by molar-refractivity contribution is 6.32. The number of alkyl halides is 3. The van der Waals surface area contributed by atoms with Crippen LogP contribution in [-0.2, 0) is 15.7 Å². The van der Waals surface area contributed by atoms with Crippen LogP contribution in [0.4, 0.5) is 13.2 Å². The smallest absolute Gasteiger partial charge is 0.416 e. The van der Waals surface area contributed by atoms with Gasteiger partial charge in [0.25, 0.3) is 0 Å². The lowest BCUT2D eigenvalue weighted by Crippen LogP contribution is -2.18. The summed E-state index contributed by atoms with van der Waals surface area (Å²) in [6.07, 6.45) is -4.99. The quantitative estimate of drug-likeness (QED) is 0.852. The molecule has 18 heavy (non-hydrogen) atoms. The van der Waals surface area contributed by atoms with Crippen LogP contribution in [0.1, 0.15) is 5.56 Å². The summed E-state index contributed by atoms with van der Waals surface area (Å²) in [5, 5.41) is 0.112. The van der Waals surface area contributed by atoms with Crippen molar-refractivity contribution in [2.45, 2.75) is 12.5 Å². The molecule has 0 amide bonds. The number of hydrogen-bond acceptors (Lipinski definition) is 3. The highest BCUT2D eigenvalue weighted by Gasteiger charge is 2.31. The van der Waals surface area contributed by atoms with E-state index in [1.54, 1.807) is 0 Å². The molecule has 1 aromatic carbocycles. The van der Waals surface area contributed by atoms with Crippen molar-refractivity contribution < 1.29 is 27.4 Å². The largest absolute Gasteiger partial charge is 0.487 e. The normalized spacial score (nSPS) is 17.1. The maximum atomic E-state index is 12.5. The van der Waals surface area contributed by atoms with E-state index < -0.39 is 18.0 Å². The molecule has 1 fully saturated rings. The van der Waals surface area contributed by atoms with Crippen molar-refractivity contribution in [1.29, 1.82) is 0 Å². The second kappa shape index (κ2) is 5.34. The van der Waals surface area contributed by atoms with E-state index in [4.69, 9.17) is 25.8 Å². The van der Waals surface area contributed by atoms with E-state index in [1.807, 2.05) is 0 Å². The van der Waals surface area contributed by atoms with Crippen LogP contribution in [0.25, 0.3) is 0 Å². The molecular formula is C11H10ClF3O3. The third-order valence-electron chi connectivity index (χ3n) is 2.32. The maximum Gasteiger partial charge on any atom is 0.416 e. The van der Waals surface area contributed by atoms with Crippen molar-refractivity contribution in [3.8, 4) is 5.75 Å². The molecule has 3 nitrogen and oxygen atoms in total. The minimum absolute atomic E-state index is 0.00102. The Kier molecular flexibility index (Phi) is 3.99.